The van der Waals surface area contributed by atoms with E-state index >= 15 is 0 Å². The van der Waals surface area contributed by atoms with Crippen LogP contribution in [0.2, 0.25) is 0 Å². The summed E-state index contributed by atoms with van der Waals surface area (Å²) in [6.45, 7) is 8.47. The van der Waals surface area contributed by atoms with Gasteiger partial charge in [0.25, 0.3) is 5.56 Å². The van der Waals surface area contributed by atoms with Crippen LogP contribution in [0.4, 0.5) is 0 Å². The Morgan fingerprint density at radius 3 is 2.59 bits per heavy atom. The normalized spacial score (nSPS) is 18.5. The van der Waals surface area contributed by atoms with Crippen LogP contribution in [0.1, 0.15) is 65.8 Å². The first-order valence-corrected chi connectivity index (χ1v) is 13.3. The van der Waals surface area contributed by atoms with Gasteiger partial charge < -0.3 is 4.98 Å². The van der Waals surface area contributed by atoms with Crippen molar-refractivity contribution in [2.75, 3.05) is 26.2 Å². The lowest BCUT2D eigenvalue weighted by atomic mass is 9.99. The molecule has 0 unspecified atom stereocenters. The number of fused-ring (bicyclic) bond motifs is 1. The summed E-state index contributed by atoms with van der Waals surface area (Å²) in [5.74, 6) is 0.780. The van der Waals surface area contributed by atoms with Crippen LogP contribution >= 0.6 is 0 Å². The van der Waals surface area contributed by atoms with Gasteiger partial charge in [-0.1, -0.05) is 31.0 Å². The molecule has 1 saturated heterocycles. The number of rotatable bonds is 6. The van der Waals surface area contributed by atoms with E-state index in [2.05, 4.69) is 66.5 Å². The fraction of sp³-hybridized carbons (Fsp3) is 0.464. The molecule has 1 N–H and O–H groups in total. The average Bonchev–Trinajstić information content (AvgIpc) is 3.61. The van der Waals surface area contributed by atoms with Crippen LogP contribution in [0.3, 0.4) is 0 Å². The molecule has 9 nitrogen and oxygen atoms in total. The second kappa shape index (κ2) is 10.1. The monoisotopic (exact) mass is 498 g/mol. The maximum Gasteiger partial charge on any atom is 0.253 e. The van der Waals surface area contributed by atoms with Gasteiger partial charge in [-0.25, -0.2) is 4.68 Å². The average molecular weight is 499 g/mol. The van der Waals surface area contributed by atoms with E-state index in [1.165, 1.54) is 18.4 Å². The molecule has 1 saturated carbocycles. The Bertz CT molecular complexity index is 1430. The van der Waals surface area contributed by atoms with Gasteiger partial charge in [0.15, 0.2) is 5.82 Å². The Morgan fingerprint density at radius 2 is 1.84 bits per heavy atom. The molecule has 37 heavy (non-hydrogen) atoms. The molecule has 0 amide bonds. The number of benzene rings is 1. The fourth-order valence-corrected chi connectivity index (χ4v) is 6.01. The van der Waals surface area contributed by atoms with E-state index in [-0.39, 0.29) is 11.6 Å². The van der Waals surface area contributed by atoms with Gasteiger partial charge >= 0.3 is 0 Å². The lowest BCUT2D eigenvalue weighted by Crippen LogP contribution is -2.48. The number of aryl methyl sites for hydroxylation is 2. The van der Waals surface area contributed by atoms with Crippen molar-refractivity contribution in [1.82, 2.24) is 40.0 Å². The molecule has 0 bridgehead atoms. The van der Waals surface area contributed by atoms with Crippen molar-refractivity contribution < 1.29 is 0 Å². The minimum Gasteiger partial charge on any atom is -0.321 e. The van der Waals surface area contributed by atoms with Crippen molar-refractivity contribution in [3.8, 4) is 0 Å². The molecule has 6 rings (SSSR count). The number of nitrogens with one attached hydrogen (secondary N) is 1. The summed E-state index contributed by atoms with van der Waals surface area (Å²) >= 11 is 0. The molecule has 1 aliphatic heterocycles. The van der Waals surface area contributed by atoms with Gasteiger partial charge in [-0.2, -0.15) is 0 Å². The lowest BCUT2D eigenvalue weighted by Gasteiger charge is -2.39. The Balaban J connectivity index is 1.37. The van der Waals surface area contributed by atoms with Crippen LogP contribution in [-0.2, 0) is 6.54 Å². The van der Waals surface area contributed by atoms with Gasteiger partial charge in [0.2, 0.25) is 0 Å². The lowest BCUT2D eigenvalue weighted by molar-refractivity contribution is 0.0988. The number of aromatic amines is 1. The molecule has 4 heterocycles. The standard InChI is InChI=1S/C28H34N8O/c1-19-9-10-20(2)25-23(19)16-24(28(37)30-25)26(27-31-32-33-36(27)22-7-3-4-8-22)35-14-12-34(13-15-35)18-21-6-5-11-29-17-21/h5-6,9-11,16-17,22,26H,3-4,7-8,12-15,18H2,1-2H3,(H,30,37)/t26-/m0/s1. The van der Waals surface area contributed by atoms with Crippen LogP contribution in [0.15, 0.2) is 47.5 Å². The maximum atomic E-state index is 13.6. The SMILES string of the molecule is Cc1ccc(C)c2[nH]c(=O)c([C@@H](c3nnnn3C3CCCC3)N3CCN(Cc4cccnc4)CC3)cc12. The van der Waals surface area contributed by atoms with Crippen LogP contribution < -0.4 is 5.56 Å². The highest BCUT2D eigenvalue weighted by molar-refractivity contribution is 5.85. The van der Waals surface area contributed by atoms with E-state index in [9.17, 15) is 4.79 Å². The van der Waals surface area contributed by atoms with Crippen molar-refractivity contribution in [3.05, 3.63) is 81.2 Å². The second-order valence-corrected chi connectivity index (χ2v) is 10.5. The number of tetrazole rings is 1. The first kappa shape index (κ1) is 23.9. The molecule has 2 aliphatic rings. The van der Waals surface area contributed by atoms with E-state index in [0.717, 1.165) is 79.0 Å². The second-order valence-electron chi connectivity index (χ2n) is 10.5. The molecule has 1 atom stereocenters. The Labute approximate surface area is 216 Å². The summed E-state index contributed by atoms with van der Waals surface area (Å²) in [6, 6.07) is 10.4. The topological polar surface area (TPSA) is 95.8 Å². The predicted octanol–water partition coefficient (Wildman–Crippen LogP) is 3.55. The molecule has 0 spiro atoms. The van der Waals surface area contributed by atoms with Crippen molar-refractivity contribution in [1.29, 1.82) is 0 Å². The zero-order valence-electron chi connectivity index (χ0n) is 21.6. The van der Waals surface area contributed by atoms with Crippen LogP contribution in [-0.4, -0.2) is 66.2 Å². The number of hydrogen-bond acceptors (Lipinski definition) is 7. The Morgan fingerprint density at radius 1 is 1.05 bits per heavy atom. The highest BCUT2D eigenvalue weighted by atomic mass is 16.1. The molecule has 2 fully saturated rings. The molecule has 1 aromatic carbocycles. The van der Waals surface area contributed by atoms with E-state index < -0.39 is 0 Å². The minimum absolute atomic E-state index is 0.0649. The molecule has 1 aliphatic carbocycles. The minimum atomic E-state index is -0.302. The van der Waals surface area contributed by atoms with Gasteiger partial charge in [0, 0.05) is 56.1 Å². The predicted molar refractivity (Wildman–Crippen MR) is 142 cm³/mol. The summed E-state index contributed by atoms with van der Waals surface area (Å²) < 4.78 is 2.01. The van der Waals surface area contributed by atoms with Crippen LogP contribution in [0.25, 0.3) is 10.9 Å². The first-order valence-electron chi connectivity index (χ1n) is 13.3. The summed E-state index contributed by atoms with van der Waals surface area (Å²) in [6.07, 6.45) is 8.29. The quantitative estimate of drug-likeness (QED) is 0.434. The van der Waals surface area contributed by atoms with E-state index in [0.29, 0.717) is 6.04 Å². The molecule has 4 aromatic rings. The summed E-state index contributed by atoms with van der Waals surface area (Å²) in [7, 11) is 0. The van der Waals surface area contributed by atoms with Gasteiger partial charge in [-0.3, -0.25) is 19.6 Å². The van der Waals surface area contributed by atoms with Crippen LogP contribution in [0, 0.1) is 13.8 Å². The summed E-state index contributed by atoms with van der Waals surface area (Å²) in [5, 5.41) is 14.2. The van der Waals surface area contributed by atoms with E-state index in [1.807, 2.05) is 30.1 Å². The van der Waals surface area contributed by atoms with Gasteiger partial charge in [-0.15, -0.1) is 5.10 Å². The number of pyridine rings is 2. The maximum absolute atomic E-state index is 13.6. The number of aromatic nitrogens is 6. The highest BCUT2D eigenvalue weighted by Crippen LogP contribution is 2.34. The van der Waals surface area contributed by atoms with Crippen molar-refractivity contribution in [2.24, 2.45) is 0 Å². The Hall–Kier alpha value is -3.43. The molecule has 3 aromatic heterocycles. The van der Waals surface area contributed by atoms with Gasteiger partial charge in [0.1, 0.15) is 6.04 Å². The summed E-state index contributed by atoms with van der Waals surface area (Å²) in [4.78, 5) is 25.9. The zero-order valence-corrected chi connectivity index (χ0v) is 21.6. The highest BCUT2D eigenvalue weighted by Gasteiger charge is 2.34. The zero-order chi connectivity index (χ0) is 25.4. The van der Waals surface area contributed by atoms with Crippen molar-refractivity contribution in [2.45, 2.75) is 58.2 Å². The van der Waals surface area contributed by atoms with Crippen LogP contribution in [0.5, 0.6) is 0 Å². The molecular weight excluding hydrogens is 464 g/mol. The molecule has 192 valence electrons. The van der Waals surface area contributed by atoms with E-state index in [4.69, 9.17) is 0 Å². The van der Waals surface area contributed by atoms with E-state index in [1.54, 1.807) is 0 Å². The number of nitrogens with zero attached hydrogens (tertiary/aromatic N) is 7. The largest absolute Gasteiger partial charge is 0.321 e. The molecule has 9 heteroatoms. The third kappa shape index (κ3) is 4.69. The number of H-pyrrole nitrogens is 1. The summed E-state index contributed by atoms with van der Waals surface area (Å²) in [5.41, 5.74) is 4.99. The fourth-order valence-electron chi connectivity index (χ4n) is 6.01. The first-order chi connectivity index (χ1) is 18.1. The third-order valence-corrected chi connectivity index (χ3v) is 8.10. The van der Waals surface area contributed by atoms with Gasteiger partial charge in [-0.05, 0) is 65.9 Å². The number of hydrogen-bond donors (Lipinski definition) is 1. The molecular formula is C28H34N8O. The van der Waals surface area contributed by atoms with Crippen molar-refractivity contribution in [3.63, 3.8) is 0 Å². The molecule has 0 radical (unpaired) electrons. The smallest absolute Gasteiger partial charge is 0.253 e. The Kier molecular flexibility index (Phi) is 6.56. The van der Waals surface area contributed by atoms with Crippen molar-refractivity contribution >= 4 is 10.9 Å². The number of piperazine rings is 1. The van der Waals surface area contributed by atoms with Gasteiger partial charge in [0.05, 0.1) is 11.6 Å². The third-order valence-electron chi connectivity index (χ3n) is 8.10.